The Morgan fingerprint density at radius 3 is 1.38 bits per heavy atom. The van der Waals surface area contributed by atoms with Crippen molar-refractivity contribution < 1.29 is 41.6 Å². The van der Waals surface area contributed by atoms with Gasteiger partial charge in [-0.15, -0.1) is 0 Å². The summed E-state index contributed by atoms with van der Waals surface area (Å²) in [6.07, 6.45) is 40.6. The molecule has 412 valence electrons. The quantitative estimate of drug-likeness (QED) is 0.0941. The van der Waals surface area contributed by atoms with Crippen LogP contribution in [0, 0.1) is 64.7 Å². The van der Waals surface area contributed by atoms with Crippen LogP contribution in [-0.4, -0.2) is 36.8 Å². The molecule has 2 aromatic rings. The first-order chi connectivity index (χ1) is 35.6. The van der Waals surface area contributed by atoms with E-state index in [0.717, 1.165) is 101 Å². The maximum Gasteiger partial charge on any atom is 0.200 e. The molecule has 0 bridgehead atoms. The maximum atomic E-state index is 14.6. The van der Waals surface area contributed by atoms with Crippen LogP contribution in [0.1, 0.15) is 256 Å². The molecular weight excluding hydrogens is 925 g/mol. The lowest BCUT2D eigenvalue weighted by molar-refractivity contribution is -0.210. The zero-order valence-electron chi connectivity index (χ0n) is 45.9. The monoisotopic (exact) mass is 1020 g/mol. The Labute approximate surface area is 440 Å². The maximum absolute atomic E-state index is 14.6. The summed E-state index contributed by atoms with van der Waals surface area (Å²) in [4.78, 5) is 0. The van der Waals surface area contributed by atoms with Crippen LogP contribution >= 0.6 is 0 Å². The lowest BCUT2D eigenvalue weighted by Crippen LogP contribution is -2.40. The van der Waals surface area contributed by atoms with Crippen molar-refractivity contribution in [1.29, 1.82) is 0 Å². The zero-order valence-corrected chi connectivity index (χ0v) is 45.9. The van der Waals surface area contributed by atoms with Gasteiger partial charge in [-0.05, 0) is 212 Å². The first-order valence-corrected chi connectivity index (χ1v) is 30.5. The highest BCUT2D eigenvalue weighted by atomic mass is 19.2. The van der Waals surface area contributed by atoms with Crippen molar-refractivity contribution in [3.8, 4) is 11.5 Å². The predicted octanol–water partition coefficient (Wildman–Crippen LogP) is 18.8. The topological polar surface area (TPSA) is 57.2 Å². The Kier molecular flexibility index (Phi) is 24.0. The third kappa shape index (κ3) is 16.9. The smallest absolute Gasteiger partial charge is 0.200 e. The highest BCUT2D eigenvalue weighted by molar-refractivity contribution is 5.34. The Morgan fingerprint density at radius 1 is 0.479 bits per heavy atom. The van der Waals surface area contributed by atoms with E-state index in [4.69, 9.17) is 18.9 Å². The van der Waals surface area contributed by atoms with E-state index < -0.39 is 29.6 Å². The SMILES string of the molecule is CCCC1CCC(C2CCC(CCCCC3CCC(c4ccc(OCC)c(F)c4F)CC3)=CO2)CC1.CCCC1CCC(C2CCC(CCCCC3CCC(c4ccc(OCC)c(F)c4F)CC3)C(O)O2)CC1. The van der Waals surface area contributed by atoms with Crippen molar-refractivity contribution >= 4 is 0 Å². The number of allylic oxidation sites excluding steroid dienone is 1. The molecule has 4 saturated carbocycles. The van der Waals surface area contributed by atoms with Crippen LogP contribution in [0.25, 0.3) is 0 Å². The fraction of sp³-hybridized carbons (Fsp3) is 0.781. The van der Waals surface area contributed by atoms with E-state index in [0.29, 0.717) is 42.3 Å². The molecule has 1 N–H and O–H groups in total. The van der Waals surface area contributed by atoms with Gasteiger partial charge in [0.1, 0.15) is 6.10 Å². The molecule has 1 saturated heterocycles. The molecule has 4 aliphatic carbocycles. The van der Waals surface area contributed by atoms with Gasteiger partial charge in [0.15, 0.2) is 29.4 Å². The van der Waals surface area contributed by atoms with E-state index in [-0.39, 0.29) is 35.4 Å². The van der Waals surface area contributed by atoms with Crippen molar-refractivity contribution in [2.75, 3.05) is 13.2 Å². The van der Waals surface area contributed by atoms with Gasteiger partial charge in [-0.25, -0.2) is 8.78 Å². The Morgan fingerprint density at radius 2 is 0.932 bits per heavy atom. The summed E-state index contributed by atoms with van der Waals surface area (Å²) in [5.74, 6) is 2.12. The van der Waals surface area contributed by atoms with Crippen molar-refractivity contribution in [2.45, 2.75) is 263 Å². The molecule has 6 aliphatic rings. The number of halogens is 4. The summed E-state index contributed by atoms with van der Waals surface area (Å²) >= 11 is 0. The number of unbranched alkanes of at least 4 members (excludes halogenated alkanes) is 2. The van der Waals surface area contributed by atoms with E-state index in [1.165, 1.54) is 134 Å². The van der Waals surface area contributed by atoms with E-state index in [2.05, 4.69) is 20.1 Å². The number of benzene rings is 2. The van der Waals surface area contributed by atoms with E-state index in [1.807, 2.05) is 0 Å². The summed E-state index contributed by atoms with van der Waals surface area (Å²) in [5.41, 5.74) is 2.55. The van der Waals surface area contributed by atoms with Crippen LogP contribution in [0.3, 0.4) is 0 Å². The van der Waals surface area contributed by atoms with Gasteiger partial charge < -0.3 is 24.1 Å². The number of hydrogen-bond donors (Lipinski definition) is 1. The van der Waals surface area contributed by atoms with Crippen molar-refractivity contribution in [3.63, 3.8) is 0 Å². The average molecular weight is 1020 g/mol. The summed E-state index contributed by atoms with van der Waals surface area (Å²) < 4.78 is 80.6. The van der Waals surface area contributed by atoms with Crippen molar-refractivity contribution in [1.82, 2.24) is 0 Å². The van der Waals surface area contributed by atoms with Gasteiger partial charge in [-0.1, -0.05) is 109 Å². The zero-order chi connectivity index (χ0) is 51.5. The predicted molar refractivity (Wildman–Crippen MR) is 288 cm³/mol. The Bertz CT molecular complexity index is 1920. The molecule has 9 heteroatoms. The molecule has 2 heterocycles. The molecular formula is C64H98F4O5. The molecule has 0 aromatic heterocycles. The molecule has 4 unspecified atom stereocenters. The number of hydrogen-bond acceptors (Lipinski definition) is 5. The fourth-order valence-corrected chi connectivity index (χ4v) is 14.6. The van der Waals surface area contributed by atoms with Gasteiger partial charge in [-0.3, -0.25) is 0 Å². The third-order valence-electron chi connectivity index (χ3n) is 19.1. The van der Waals surface area contributed by atoms with Crippen LogP contribution in [0.2, 0.25) is 0 Å². The summed E-state index contributed by atoms with van der Waals surface area (Å²) in [5, 5.41) is 10.7. The van der Waals surface area contributed by atoms with E-state index in [9.17, 15) is 22.7 Å². The second-order valence-corrected chi connectivity index (χ2v) is 23.9. The van der Waals surface area contributed by atoms with E-state index in [1.54, 1.807) is 38.1 Å². The summed E-state index contributed by atoms with van der Waals surface area (Å²) in [7, 11) is 0. The van der Waals surface area contributed by atoms with Crippen LogP contribution in [-0.2, 0) is 9.47 Å². The number of aliphatic hydroxyl groups excluding tert-OH is 1. The van der Waals surface area contributed by atoms with Gasteiger partial charge in [-0.2, -0.15) is 8.78 Å². The van der Waals surface area contributed by atoms with Crippen LogP contribution in [0.5, 0.6) is 11.5 Å². The molecule has 5 nitrogen and oxygen atoms in total. The van der Waals surface area contributed by atoms with Gasteiger partial charge >= 0.3 is 0 Å². The molecule has 73 heavy (non-hydrogen) atoms. The van der Waals surface area contributed by atoms with Crippen molar-refractivity contribution in [2.24, 2.45) is 41.4 Å². The largest absolute Gasteiger partial charge is 0.498 e. The fourth-order valence-electron chi connectivity index (χ4n) is 14.6. The molecule has 2 aromatic carbocycles. The highest BCUT2D eigenvalue weighted by Gasteiger charge is 2.36. The molecule has 0 amide bonds. The molecule has 5 fully saturated rings. The molecule has 8 rings (SSSR count). The number of ether oxygens (including phenoxy) is 4. The lowest BCUT2D eigenvalue weighted by atomic mass is 9.75. The lowest BCUT2D eigenvalue weighted by Gasteiger charge is -2.40. The van der Waals surface area contributed by atoms with Crippen LogP contribution < -0.4 is 9.47 Å². The average Bonchev–Trinajstić information content (AvgIpc) is 3.41. The minimum Gasteiger partial charge on any atom is -0.498 e. The molecule has 4 atom stereocenters. The molecule has 0 radical (unpaired) electrons. The van der Waals surface area contributed by atoms with Gasteiger partial charge in [0.25, 0.3) is 0 Å². The first kappa shape index (κ1) is 57.9. The summed E-state index contributed by atoms with van der Waals surface area (Å²) in [6, 6.07) is 6.62. The van der Waals surface area contributed by atoms with Crippen molar-refractivity contribution in [3.05, 3.63) is 70.5 Å². The molecule has 0 spiro atoms. The van der Waals surface area contributed by atoms with Gasteiger partial charge in [0.2, 0.25) is 11.6 Å². The number of rotatable bonds is 22. The molecule has 2 aliphatic heterocycles. The van der Waals surface area contributed by atoms with Gasteiger partial charge in [0.05, 0.1) is 25.6 Å². The Hall–Kier alpha value is -2.78. The van der Waals surface area contributed by atoms with Gasteiger partial charge in [0, 0.05) is 5.92 Å². The van der Waals surface area contributed by atoms with E-state index >= 15 is 0 Å². The second kappa shape index (κ2) is 30.2. The Balaban J connectivity index is 0.000000214. The van der Waals surface area contributed by atoms with Crippen LogP contribution in [0.15, 0.2) is 36.1 Å². The number of aliphatic hydroxyl groups is 1. The minimum absolute atomic E-state index is 0.0102. The summed E-state index contributed by atoms with van der Waals surface area (Å²) in [6.45, 7) is 8.81. The van der Waals surface area contributed by atoms with Crippen LogP contribution in [0.4, 0.5) is 17.6 Å². The normalized spacial score (nSPS) is 30.9. The standard InChI is InChI=1S/C32H50F2O3.C32H48F2O2/c1-3-7-22-12-16-25(17-13-22)28-20-18-26(32(35)37-28)9-6-5-8-23-10-14-24(15-11-23)27-19-21-29(36-4-2)31(34)30(27)33;1-3-7-23-12-17-27(18-13-23)29-20-14-25(22-36-29)9-6-5-8-24-10-15-26(16-11-24)28-19-21-30(35-4-2)32(34)31(28)33/h19,21-26,28,32,35H,3-18,20H2,1-2H3;19,21-24,26-27,29H,3-18,20H2,1-2H3. The second-order valence-electron chi connectivity index (χ2n) is 23.9. The highest BCUT2D eigenvalue weighted by Crippen LogP contribution is 2.44. The minimum atomic E-state index is -0.846. The third-order valence-corrected chi connectivity index (χ3v) is 19.1. The first-order valence-electron chi connectivity index (χ1n) is 30.5.